The Hall–Kier alpha value is -2.75. The lowest BCUT2D eigenvalue weighted by molar-refractivity contribution is -0.139. The number of nitriles is 1. The van der Waals surface area contributed by atoms with Gasteiger partial charge in [0.1, 0.15) is 22.6 Å². The number of pyridine rings is 1. The molecular weight excluding hydrogens is 413 g/mol. The second-order valence-corrected chi connectivity index (χ2v) is 7.26. The van der Waals surface area contributed by atoms with Crippen LogP contribution in [0.5, 0.6) is 0 Å². The Bertz CT molecular complexity index is 1120. The highest BCUT2D eigenvalue weighted by Gasteiger charge is 2.38. The van der Waals surface area contributed by atoms with E-state index >= 15 is 0 Å². The molecule has 0 bridgehead atoms. The quantitative estimate of drug-likeness (QED) is 0.438. The van der Waals surface area contributed by atoms with Crippen molar-refractivity contribution >= 4 is 40.1 Å². The molecule has 0 spiro atoms. The number of carbonyl (C=O) groups excluding carboxylic acids is 1. The zero-order chi connectivity index (χ0) is 21.3. The van der Waals surface area contributed by atoms with Gasteiger partial charge in [0.15, 0.2) is 0 Å². The van der Waals surface area contributed by atoms with Gasteiger partial charge in [0.2, 0.25) is 5.88 Å². The first-order valence-electron chi connectivity index (χ1n) is 8.93. The molecule has 0 aliphatic carbocycles. The molecule has 2 N–H and O–H groups in total. The fourth-order valence-corrected chi connectivity index (χ4v) is 3.96. The molecule has 1 aromatic carbocycles. The Morgan fingerprint density at radius 3 is 2.72 bits per heavy atom. The molecule has 0 fully saturated rings. The van der Waals surface area contributed by atoms with E-state index in [4.69, 9.17) is 38.4 Å². The van der Waals surface area contributed by atoms with E-state index in [1.165, 1.54) is 0 Å². The number of nitrogens with two attached hydrogens (primary N) is 1. The van der Waals surface area contributed by atoms with Crippen molar-refractivity contribution in [3.05, 3.63) is 62.8 Å². The van der Waals surface area contributed by atoms with Gasteiger partial charge in [0.25, 0.3) is 0 Å². The summed E-state index contributed by atoms with van der Waals surface area (Å²) in [6, 6.07) is 7.82. The monoisotopic (exact) mass is 431 g/mol. The molecule has 0 saturated carbocycles. The smallest absolute Gasteiger partial charge is 0.338 e. The van der Waals surface area contributed by atoms with Crippen molar-refractivity contribution in [3.8, 4) is 6.07 Å². The van der Waals surface area contributed by atoms with Gasteiger partial charge in [-0.05, 0) is 38.5 Å². The van der Waals surface area contributed by atoms with Crippen LogP contribution in [0.25, 0.3) is 10.9 Å². The zero-order valence-electron chi connectivity index (χ0n) is 16.2. The van der Waals surface area contributed by atoms with Crippen molar-refractivity contribution in [2.75, 3.05) is 12.5 Å². The molecule has 29 heavy (non-hydrogen) atoms. The molecular formula is C21H19Cl2N3O3. The van der Waals surface area contributed by atoms with E-state index in [0.717, 1.165) is 22.0 Å². The summed E-state index contributed by atoms with van der Waals surface area (Å²) in [6.07, 6.45) is 0. The molecule has 0 amide bonds. The molecule has 3 rings (SSSR count). The summed E-state index contributed by atoms with van der Waals surface area (Å²) < 4.78 is 10.6. The predicted octanol–water partition coefficient (Wildman–Crippen LogP) is 4.37. The molecule has 0 saturated heterocycles. The highest BCUT2D eigenvalue weighted by atomic mass is 35.5. The topological polar surface area (TPSA) is 98.2 Å². The second-order valence-electron chi connectivity index (χ2n) is 6.64. The van der Waals surface area contributed by atoms with Crippen molar-refractivity contribution in [1.82, 2.24) is 4.98 Å². The summed E-state index contributed by atoms with van der Waals surface area (Å²) in [6.45, 7) is 5.75. The molecule has 150 valence electrons. The van der Waals surface area contributed by atoms with Crippen LogP contribution in [0, 0.1) is 25.2 Å². The third-order valence-corrected chi connectivity index (χ3v) is 5.20. The lowest BCUT2D eigenvalue weighted by atomic mass is 9.83. The van der Waals surface area contributed by atoms with Gasteiger partial charge in [-0.2, -0.15) is 5.26 Å². The minimum atomic E-state index is -0.897. The summed E-state index contributed by atoms with van der Waals surface area (Å²) in [5.74, 6) is -1.67. The maximum absolute atomic E-state index is 12.7. The van der Waals surface area contributed by atoms with Gasteiger partial charge in [-0.3, -0.25) is 0 Å². The van der Waals surface area contributed by atoms with Crippen LogP contribution < -0.4 is 5.73 Å². The van der Waals surface area contributed by atoms with E-state index in [2.05, 4.69) is 4.98 Å². The van der Waals surface area contributed by atoms with Crippen molar-refractivity contribution in [2.45, 2.75) is 26.7 Å². The first kappa shape index (κ1) is 21.0. The van der Waals surface area contributed by atoms with E-state index in [1.807, 2.05) is 38.1 Å². The molecule has 1 aliphatic rings. The van der Waals surface area contributed by atoms with Crippen LogP contribution in [0.1, 0.15) is 29.5 Å². The van der Waals surface area contributed by atoms with Crippen LogP contribution in [0.2, 0.25) is 5.15 Å². The van der Waals surface area contributed by atoms with Crippen LogP contribution in [-0.2, 0) is 14.3 Å². The van der Waals surface area contributed by atoms with Crippen molar-refractivity contribution in [1.29, 1.82) is 5.26 Å². The minimum Gasteiger partial charge on any atom is -0.463 e. The normalized spacial score (nSPS) is 16.6. The number of esters is 1. The number of carbonyl (C=O) groups is 1. The Balaban J connectivity index is 2.32. The fraction of sp³-hybridized carbons (Fsp3) is 0.286. The summed E-state index contributed by atoms with van der Waals surface area (Å²) in [5, 5.41) is 10.7. The van der Waals surface area contributed by atoms with Crippen molar-refractivity contribution in [2.24, 2.45) is 5.73 Å². The number of aryl methyl sites for hydroxylation is 2. The molecule has 6 nitrogen and oxygen atoms in total. The summed E-state index contributed by atoms with van der Waals surface area (Å²) in [5.41, 5.74) is 9.32. The van der Waals surface area contributed by atoms with E-state index in [0.29, 0.717) is 5.56 Å². The van der Waals surface area contributed by atoms with Gasteiger partial charge in [-0.1, -0.05) is 23.2 Å². The molecule has 2 heterocycles. The summed E-state index contributed by atoms with van der Waals surface area (Å²) in [4.78, 5) is 17.3. The SMILES string of the molecule is CCOC(=O)C1=C(CCl)OC(N)=C(C#N)[C@H]1c1cc2cc(C)cc(C)c2nc1Cl. The molecule has 0 radical (unpaired) electrons. The minimum absolute atomic E-state index is 0.0503. The van der Waals surface area contributed by atoms with Gasteiger partial charge in [-0.25, -0.2) is 9.78 Å². The molecule has 1 atom stereocenters. The van der Waals surface area contributed by atoms with Gasteiger partial charge in [0, 0.05) is 10.9 Å². The third kappa shape index (κ3) is 3.76. The van der Waals surface area contributed by atoms with Crippen LogP contribution >= 0.6 is 23.2 Å². The van der Waals surface area contributed by atoms with E-state index < -0.39 is 11.9 Å². The number of allylic oxidation sites excluding steroid dienone is 2. The largest absolute Gasteiger partial charge is 0.463 e. The molecule has 1 aromatic heterocycles. The van der Waals surface area contributed by atoms with Crippen LogP contribution in [0.3, 0.4) is 0 Å². The van der Waals surface area contributed by atoms with Gasteiger partial charge >= 0.3 is 5.97 Å². The number of fused-ring (bicyclic) bond motifs is 1. The second kappa shape index (κ2) is 8.32. The highest BCUT2D eigenvalue weighted by molar-refractivity contribution is 6.31. The average Bonchev–Trinajstić information content (AvgIpc) is 2.67. The first-order chi connectivity index (χ1) is 13.8. The van der Waals surface area contributed by atoms with Crippen molar-refractivity contribution in [3.63, 3.8) is 0 Å². The standard InChI is InChI=1S/C21H19Cl2N3O3/c1-4-28-21(27)17-15(8-22)29-20(25)14(9-24)16(17)13-7-12-6-10(2)5-11(3)18(12)26-19(13)23/h5-7,16H,4,8,25H2,1-3H3/t16-/m1/s1. The number of benzene rings is 1. The van der Waals surface area contributed by atoms with Crippen LogP contribution in [0.15, 0.2) is 41.0 Å². The third-order valence-electron chi connectivity index (χ3n) is 4.66. The van der Waals surface area contributed by atoms with Gasteiger partial charge in [0.05, 0.1) is 29.5 Å². The molecule has 1 aliphatic heterocycles. The number of nitrogens with zero attached hydrogens (tertiary/aromatic N) is 2. The Morgan fingerprint density at radius 1 is 1.38 bits per heavy atom. The van der Waals surface area contributed by atoms with Crippen LogP contribution in [0.4, 0.5) is 0 Å². The average molecular weight is 432 g/mol. The summed E-state index contributed by atoms with van der Waals surface area (Å²) >= 11 is 12.5. The first-order valence-corrected chi connectivity index (χ1v) is 9.84. The van der Waals surface area contributed by atoms with E-state index in [1.54, 1.807) is 6.92 Å². The maximum Gasteiger partial charge on any atom is 0.338 e. The predicted molar refractivity (Wildman–Crippen MR) is 111 cm³/mol. The number of ether oxygens (including phenoxy) is 2. The Morgan fingerprint density at radius 2 is 2.10 bits per heavy atom. The molecule has 2 aromatic rings. The number of aromatic nitrogens is 1. The number of hydrogen-bond acceptors (Lipinski definition) is 6. The fourth-order valence-electron chi connectivity index (χ4n) is 3.51. The number of halogens is 2. The van der Waals surface area contributed by atoms with Crippen LogP contribution in [-0.4, -0.2) is 23.4 Å². The van der Waals surface area contributed by atoms with E-state index in [9.17, 15) is 10.1 Å². The highest BCUT2D eigenvalue weighted by Crippen LogP contribution is 2.43. The lowest BCUT2D eigenvalue weighted by Crippen LogP contribution is -2.27. The molecule has 8 heteroatoms. The van der Waals surface area contributed by atoms with Gasteiger partial charge < -0.3 is 15.2 Å². The van der Waals surface area contributed by atoms with E-state index in [-0.39, 0.29) is 40.4 Å². The number of hydrogen-bond donors (Lipinski definition) is 1. The Labute approximate surface area is 178 Å². The van der Waals surface area contributed by atoms with Crippen molar-refractivity contribution < 1.29 is 14.3 Å². The van der Waals surface area contributed by atoms with Gasteiger partial charge in [-0.15, -0.1) is 11.6 Å². The maximum atomic E-state index is 12.7. The zero-order valence-corrected chi connectivity index (χ0v) is 17.7. The Kier molecular flexibility index (Phi) is 6.02. The number of rotatable bonds is 4. The molecule has 0 unspecified atom stereocenters. The lowest BCUT2D eigenvalue weighted by Gasteiger charge is -2.28. The summed E-state index contributed by atoms with van der Waals surface area (Å²) in [7, 11) is 0. The number of alkyl halides is 1.